The fourth-order valence-corrected chi connectivity index (χ4v) is 4.14. The molecule has 2 nitrogen and oxygen atoms in total. The Labute approximate surface area is 145 Å². The first-order valence-corrected chi connectivity index (χ1v) is 9.19. The highest BCUT2D eigenvalue weighted by atomic mass is 16.3. The fourth-order valence-electron chi connectivity index (χ4n) is 4.14. The van der Waals surface area contributed by atoms with E-state index in [1.54, 1.807) is 0 Å². The second kappa shape index (κ2) is 7.96. The molecule has 1 aliphatic carbocycles. The molecule has 0 amide bonds. The van der Waals surface area contributed by atoms with Crippen LogP contribution >= 0.6 is 0 Å². The summed E-state index contributed by atoms with van der Waals surface area (Å²) in [5.41, 5.74) is 5.32. The summed E-state index contributed by atoms with van der Waals surface area (Å²) in [7, 11) is 0. The van der Waals surface area contributed by atoms with Gasteiger partial charge in [-0.2, -0.15) is 0 Å². The van der Waals surface area contributed by atoms with Gasteiger partial charge in [0.2, 0.25) is 0 Å². The van der Waals surface area contributed by atoms with Crippen LogP contribution in [-0.2, 0) is 18.3 Å². The Morgan fingerprint density at radius 1 is 0.625 bits per heavy atom. The average molecular weight is 324 g/mol. The molecule has 0 heterocycles. The Bertz CT molecular complexity index is 571. The van der Waals surface area contributed by atoms with E-state index >= 15 is 0 Å². The molecule has 0 radical (unpaired) electrons. The van der Waals surface area contributed by atoms with Crippen molar-refractivity contribution in [1.82, 2.24) is 0 Å². The van der Waals surface area contributed by atoms with Gasteiger partial charge in [-0.25, -0.2) is 0 Å². The van der Waals surface area contributed by atoms with Crippen LogP contribution in [0.5, 0.6) is 0 Å². The minimum Gasteiger partial charge on any atom is -0.396 e. The predicted molar refractivity (Wildman–Crippen MR) is 98.3 cm³/mol. The normalized spacial score (nSPS) is 16.9. The lowest BCUT2D eigenvalue weighted by molar-refractivity contribution is 0.299. The fraction of sp³-hybridized carbons (Fsp3) is 0.455. The van der Waals surface area contributed by atoms with Crippen LogP contribution < -0.4 is 0 Å². The first-order valence-electron chi connectivity index (χ1n) is 9.19. The molecule has 1 aliphatic rings. The summed E-state index contributed by atoms with van der Waals surface area (Å²) >= 11 is 0. The third-order valence-corrected chi connectivity index (χ3v) is 5.52. The van der Waals surface area contributed by atoms with Crippen molar-refractivity contribution >= 4 is 0 Å². The minimum absolute atomic E-state index is 0.119. The summed E-state index contributed by atoms with van der Waals surface area (Å²) in [5.74, 6) is 0. The van der Waals surface area contributed by atoms with E-state index in [4.69, 9.17) is 10.2 Å². The van der Waals surface area contributed by atoms with Gasteiger partial charge in [-0.15, -0.1) is 0 Å². The third-order valence-electron chi connectivity index (χ3n) is 5.52. The van der Waals surface area contributed by atoms with Crippen molar-refractivity contribution in [3.8, 4) is 0 Å². The second-order valence-electron chi connectivity index (χ2n) is 6.98. The summed E-state index contributed by atoms with van der Waals surface area (Å²) in [6, 6.07) is 17.7. The number of rotatable bonds is 6. The minimum atomic E-state index is 0.119. The molecule has 0 spiro atoms. The lowest BCUT2D eigenvalue weighted by atomic mass is 9.65. The zero-order valence-corrected chi connectivity index (χ0v) is 14.4. The standard InChI is InChI=1S/C22H28O2/c23-16-12-18-4-8-20(9-5-18)22(14-2-1-3-15-22)21-10-6-19(7-11-21)13-17-24/h4-11,23-24H,1-3,12-17H2. The van der Waals surface area contributed by atoms with E-state index < -0.39 is 0 Å². The van der Waals surface area contributed by atoms with Crippen molar-refractivity contribution in [2.45, 2.75) is 50.4 Å². The molecular weight excluding hydrogens is 296 g/mol. The number of hydrogen-bond donors (Lipinski definition) is 2. The molecule has 0 atom stereocenters. The maximum absolute atomic E-state index is 9.12. The lowest BCUT2D eigenvalue weighted by Crippen LogP contribution is -2.30. The topological polar surface area (TPSA) is 40.5 Å². The smallest absolute Gasteiger partial charge is 0.0471 e. The number of hydrogen-bond acceptors (Lipinski definition) is 2. The van der Waals surface area contributed by atoms with Crippen molar-refractivity contribution in [2.24, 2.45) is 0 Å². The van der Waals surface area contributed by atoms with Crippen LogP contribution in [0.4, 0.5) is 0 Å². The molecule has 2 heteroatoms. The quantitative estimate of drug-likeness (QED) is 0.843. The Balaban J connectivity index is 1.94. The molecule has 0 bridgehead atoms. The molecular formula is C22H28O2. The van der Waals surface area contributed by atoms with Crippen LogP contribution in [0.25, 0.3) is 0 Å². The molecule has 0 unspecified atom stereocenters. The van der Waals surface area contributed by atoms with Gasteiger partial charge in [-0.3, -0.25) is 0 Å². The van der Waals surface area contributed by atoms with E-state index in [9.17, 15) is 0 Å². The van der Waals surface area contributed by atoms with Crippen LogP contribution in [0.3, 0.4) is 0 Å². The monoisotopic (exact) mass is 324 g/mol. The molecule has 3 rings (SSSR count). The second-order valence-corrected chi connectivity index (χ2v) is 6.98. The molecule has 0 aromatic heterocycles. The Morgan fingerprint density at radius 2 is 1.04 bits per heavy atom. The molecule has 24 heavy (non-hydrogen) atoms. The predicted octanol–water partition coefficient (Wildman–Crippen LogP) is 4.01. The summed E-state index contributed by atoms with van der Waals surface area (Å²) in [4.78, 5) is 0. The van der Waals surface area contributed by atoms with Gasteiger partial charge in [0.25, 0.3) is 0 Å². The molecule has 1 saturated carbocycles. The SMILES string of the molecule is OCCc1ccc(C2(c3ccc(CCO)cc3)CCCCC2)cc1. The summed E-state index contributed by atoms with van der Waals surface area (Å²) in [6.45, 7) is 0.410. The number of aliphatic hydroxyl groups is 2. The van der Waals surface area contributed by atoms with Crippen LogP contribution in [0.1, 0.15) is 54.4 Å². The average Bonchev–Trinajstić information content (AvgIpc) is 2.64. The largest absolute Gasteiger partial charge is 0.396 e. The van der Waals surface area contributed by atoms with Crippen molar-refractivity contribution in [2.75, 3.05) is 13.2 Å². The highest BCUT2D eigenvalue weighted by molar-refractivity contribution is 5.42. The van der Waals surface area contributed by atoms with Crippen LogP contribution in [0.15, 0.2) is 48.5 Å². The maximum atomic E-state index is 9.12. The molecule has 0 aliphatic heterocycles. The van der Waals surface area contributed by atoms with Crippen molar-refractivity contribution in [3.05, 3.63) is 70.8 Å². The van der Waals surface area contributed by atoms with Gasteiger partial charge in [0, 0.05) is 18.6 Å². The van der Waals surface area contributed by atoms with Gasteiger partial charge < -0.3 is 10.2 Å². The maximum Gasteiger partial charge on any atom is 0.0471 e. The highest BCUT2D eigenvalue weighted by Gasteiger charge is 2.35. The zero-order chi connectivity index (χ0) is 16.8. The molecule has 2 N–H and O–H groups in total. The Morgan fingerprint density at radius 3 is 1.42 bits per heavy atom. The van der Waals surface area contributed by atoms with Gasteiger partial charge >= 0.3 is 0 Å². The third kappa shape index (κ3) is 3.55. The molecule has 1 fully saturated rings. The first-order chi connectivity index (χ1) is 11.8. The zero-order valence-electron chi connectivity index (χ0n) is 14.4. The molecule has 2 aromatic carbocycles. The van der Waals surface area contributed by atoms with Gasteiger partial charge in [0.05, 0.1) is 0 Å². The van der Waals surface area contributed by atoms with E-state index in [0.29, 0.717) is 0 Å². The van der Waals surface area contributed by atoms with E-state index in [2.05, 4.69) is 48.5 Å². The van der Waals surface area contributed by atoms with E-state index in [0.717, 1.165) is 12.8 Å². The van der Waals surface area contributed by atoms with Crippen molar-refractivity contribution in [1.29, 1.82) is 0 Å². The highest BCUT2D eigenvalue weighted by Crippen LogP contribution is 2.45. The Kier molecular flexibility index (Phi) is 5.70. The number of benzene rings is 2. The summed E-state index contributed by atoms with van der Waals surface area (Å²) in [5, 5.41) is 18.2. The molecule has 0 saturated heterocycles. The van der Waals surface area contributed by atoms with E-state index in [1.165, 1.54) is 54.4 Å². The summed E-state index contributed by atoms with van der Waals surface area (Å²) < 4.78 is 0. The number of aliphatic hydroxyl groups excluding tert-OH is 2. The van der Waals surface area contributed by atoms with Crippen LogP contribution in [-0.4, -0.2) is 23.4 Å². The van der Waals surface area contributed by atoms with Gasteiger partial charge in [-0.05, 0) is 47.9 Å². The summed E-state index contributed by atoms with van der Waals surface area (Å²) in [6.07, 6.45) is 7.73. The van der Waals surface area contributed by atoms with Crippen LogP contribution in [0, 0.1) is 0 Å². The van der Waals surface area contributed by atoms with Crippen molar-refractivity contribution < 1.29 is 10.2 Å². The van der Waals surface area contributed by atoms with Crippen molar-refractivity contribution in [3.63, 3.8) is 0 Å². The van der Waals surface area contributed by atoms with E-state index in [-0.39, 0.29) is 18.6 Å². The first kappa shape index (κ1) is 17.2. The lowest BCUT2D eigenvalue weighted by Gasteiger charge is -2.39. The van der Waals surface area contributed by atoms with Gasteiger partial charge in [-0.1, -0.05) is 67.8 Å². The molecule has 2 aromatic rings. The van der Waals surface area contributed by atoms with Crippen LogP contribution in [0.2, 0.25) is 0 Å². The van der Waals surface area contributed by atoms with E-state index in [1.807, 2.05) is 0 Å². The molecule has 128 valence electrons. The van der Waals surface area contributed by atoms with Gasteiger partial charge in [0.1, 0.15) is 0 Å². The van der Waals surface area contributed by atoms with Gasteiger partial charge in [0.15, 0.2) is 0 Å². The Hall–Kier alpha value is -1.64.